The monoisotopic (exact) mass is 510 g/mol. The number of ether oxygens (including phenoxy) is 2. The zero-order chi connectivity index (χ0) is 24.3. The molecule has 196 valence electrons. The third kappa shape index (κ3) is 38.7. The van der Waals surface area contributed by atoms with Gasteiger partial charge in [-0.3, -0.25) is 0 Å². The van der Waals surface area contributed by atoms with E-state index in [4.69, 9.17) is 4.74 Å². The Bertz CT molecular complexity index is 595. The van der Waals surface area contributed by atoms with Crippen molar-refractivity contribution in [2.75, 3.05) is 20.3 Å². The summed E-state index contributed by atoms with van der Waals surface area (Å²) in [5.74, 6) is -0.269. The maximum atomic E-state index is 10.8. The fraction of sp³-hybridized carbons (Fsp3) is 0.643. The van der Waals surface area contributed by atoms with E-state index in [9.17, 15) is 9.90 Å². The number of carbonyl (C=O) groups excluding carboxylic acids is 1. The molecule has 0 amide bonds. The van der Waals surface area contributed by atoms with Gasteiger partial charge in [-0.05, 0) is 93.9 Å². The quantitative estimate of drug-likeness (QED) is 0.175. The molecule has 4 nitrogen and oxygen atoms in total. The van der Waals surface area contributed by atoms with Gasteiger partial charge in [0.05, 0.1) is 12.7 Å². The molecule has 0 aliphatic carbocycles. The molecule has 0 aromatic carbocycles. The Morgan fingerprint density at radius 1 is 0.912 bits per heavy atom. The number of halogens is 1. The molecule has 0 saturated carbocycles. The fourth-order valence-electron chi connectivity index (χ4n) is 2.69. The Labute approximate surface area is 233 Å². The van der Waals surface area contributed by atoms with E-state index < -0.39 is 5.60 Å². The molecule has 1 fully saturated rings. The Balaban J connectivity index is -0.000000127. The Morgan fingerprint density at radius 2 is 1.32 bits per heavy atom. The normalized spacial score (nSPS) is 12.6. The fourth-order valence-corrected chi connectivity index (χ4v) is 2.69. The average Bonchev–Trinajstić information content (AvgIpc) is 3.19. The summed E-state index contributed by atoms with van der Waals surface area (Å²) in [6.45, 7) is 18.0. The van der Waals surface area contributed by atoms with Crippen LogP contribution in [0.2, 0.25) is 0 Å². The molecule has 0 atom stereocenters. The van der Waals surface area contributed by atoms with Crippen molar-refractivity contribution in [1.82, 2.24) is 0 Å². The van der Waals surface area contributed by atoms with Crippen LogP contribution in [0.3, 0.4) is 0 Å². The Morgan fingerprint density at radius 3 is 1.62 bits per heavy atom. The van der Waals surface area contributed by atoms with E-state index >= 15 is 0 Å². The molecule has 0 aromatic rings. The van der Waals surface area contributed by atoms with Crippen molar-refractivity contribution in [2.24, 2.45) is 0 Å². The summed E-state index contributed by atoms with van der Waals surface area (Å²) in [6, 6.07) is 0. The van der Waals surface area contributed by atoms with Gasteiger partial charge in [0, 0.05) is 19.3 Å². The van der Waals surface area contributed by atoms with E-state index in [1.165, 1.54) is 36.7 Å². The first-order valence-electron chi connectivity index (χ1n) is 11.4. The predicted molar refractivity (Wildman–Crippen MR) is 145 cm³/mol. The van der Waals surface area contributed by atoms with Crippen LogP contribution in [0.25, 0.3) is 0 Å². The molecule has 1 aliphatic heterocycles. The maximum absolute atomic E-state index is 10.8. The Kier molecular flexibility index (Phi) is 34.5. The number of allylic oxidation sites excluding steroid dienone is 6. The molecule has 1 heterocycles. The van der Waals surface area contributed by atoms with Crippen molar-refractivity contribution >= 4 is 29.0 Å². The first-order chi connectivity index (χ1) is 14.4. The summed E-state index contributed by atoms with van der Waals surface area (Å²) in [6.07, 6.45) is 14.4. The van der Waals surface area contributed by atoms with Gasteiger partial charge in [-0.25, -0.2) is 4.79 Å². The van der Waals surface area contributed by atoms with Crippen molar-refractivity contribution in [3.05, 3.63) is 54.0 Å². The zero-order valence-electron chi connectivity index (χ0n) is 23.7. The molecule has 1 N–H and O–H groups in total. The van der Waals surface area contributed by atoms with Gasteiger partial charge in [-0.15, -0.1) is 0 Å². The van der Waals surface area contributed by atoms with Gasteiger partial charge in [-0.1, -0.05) is 40.5 Å². The van der Waals surface area contributed by atoms with E-state index in [0.717, 1.165) is 44.5 Å². The molecule has 0 unspecified atom stereocenters. The Hall–Kier alpha value is -0.594. The number of rotatable bonds is 8. The van der Waals surface area contributed by atoms with Gasteiger partial charge in [0.25, 0.3) is 0 Å². The molecule has 0 bridgehead atoms. The van der Waals surface area contributed by atoms with Gasteiger partial charge in [-0.2, -0.15) is 0 Å². The van der Waals surface area contributed by atoms with Crippen molar-refractivity contribution < 1.29 is 31.8 Å². The number of hydrogen-bond acceptors (Lipinski definition) is 4. The molecule has 1 aliphatic rings. The second kappa shape index (κ2) is 27.0. The smallest absolute Gasteiger partial charge is 1.00 e. The standard InChI is InChI=1S/C12H22O.C11H18O2.C4H8O.CH3.ClH.Mg/c1-10(2)7-6-8-11(3)9-12(4,5)13;1-9(2)6-5-7-10(3)8-11(12)13-4;1-2-4-5-3-1;;;/h7,9,13H,6,8H2,1-5H3;6,8H,5,7H2,1-4H3;1-4H2;1H3;1H;/q;;;-1;;+2/p-1/b11-9+;10-8+;;;;. The van der Waals surface area contributed by atoms with E-state index in [1.807, 2.05) is 13.0 Å². The van der Waals surface area contributed by atoms with E-state index in [-0.39, 0.29) is 48.9 Å². The van der Waals surface area contributed by atoms with Crippen LogP contribution in [-0.2, 0) is 14.3 Å². The molecule has 6 heteroatoms. The first kappa shape index (κ1) is 43.5. The SMILES string of the molecule is C1CCOC1.CC(C)=CCC/C(C)=C/C(C)(C)O.COC(=O)/C=C(\C)CCC=C(C)C.[CH3-].[Cl-].[Mg+2]. The van der Waals surface area contributed by atoms with Crippen LogP contribution in [0.1, 0.15) is 93.9 Å². The molecule has 1 rings (SSSR count). The molecule has 1 saturated heterocycles. The van der Waals surface area contributed by atoms with Crippen LogP contribution in [0, 0.1) is 7.43 Å². The van der Waals surface area contributed by atoms with Crippen LogP contribution in [0.15, 0.2) is 46.6 Å². The second-order valence-corrected chi connectivity index (χ2v) is 9.12. The van der Waals surface area contributed by atoms with Gasteiger partial charge < -0.3 is 34.4 Å². The molecular formula is C28H51ClMgO4. The first-order valence-corrected chi connectivity index (χ1v) is 11.4. The topological polar surface area (TPSA) is 55.8 Å². The number of methoxy groups -OCH3 is 1. The summed E-state index contributed by atoms with van der Waals surface area (Å²) in [5.41, 5.74) is 4.31. The van der Waals surface area contributed by atoms with Crippen molar-refractivity contribution in [2.45, 2.75) is 99.5 Å². The molecule has 34 heavy (non-hydrogen) atoms. The largest absolute Gasteiger partial charge is 2.00 e. The maximum Gasteiger partial charge on any atom is 2.00 e. The second-order valence-electron chi connectivity index (χ2n) is 9.12. The van der Waals surface area contributed by atoms with Crippen LogP contribution in [0.5, 0.6) is 0 Å². The number of esters is 1. The summed E-state index contributed by atoms with van der Waals surface area (Å²) in [7, 11) is 1.39. The average molecular weight is 511 g/mol. The summed E-state index contributed by atoms with van der Waals surface area (Å²) in [4.78, 5) is 10.8. The molecule has 0 spiro atoms. The van der Waals surface area contributed by atoms with E-state index in [2.05, 4.69) is 51.5 Å². The van der Waals surface area contributed by atoms with Crippen LogP contribution >= 0.6 is 0 Å². The van der Waals surface area contributed by atoms with Gasteiger partial charge in [0.15, 0.2) is 0 Å². The minimum atomic E-state index is -0.672. The van der Waals surface area contributed by atoms with E-state index in [0.29, 0.717) is 0 Å². The number of aliphatic hydroxyl groups is 1. The van der Waals surface area contributed by atoms with Crippen LogP contribution in [0.4, 0.5) is 0 Å². The summed E-state index contributed by atoms with van der Waals surface area (Å²) in [5, 5.41) is 9.50. The third-order valence-corrected chi connectivity index (χ3v) is 4.17. The molecular weight excluding hydrogens is 460 g/mol. The zero-order valence-corrected chi connectivity index (χ0v) is 25.9. The third-order valence-electron chi connectivity index (χ3n) is 4.17. The van der Waals surface area contributed by atoms with Crippen molar-refractivity contribution in [3.63, 3.8) is 0 Å². The summed E-state index contributed by atoms with van der Waals surface area (Å²) >= 11 is 0. The number of carbonyl (C=O) groups is 1. The van der Waals surface area contributed by atoms with Crippen molar-refractivity contribution in [1.29, 1.82) is 0 Å². The van der Waals surface area contributed by atoms with Crippen molar-refractivity contribution in [3.8, 4) is 0 Å². The summed E-state index contributed by atoms with van der Waals surface area (Å²) < 4.78 is 9.46. The van der Waals surface area contributed by atoms with Gasteiger partial charge in [0.1, 0.15) is 0 Å². The number of hydrogen-bond donors (Lipinski definition) is 1. The minimum Gasteiger partial charge on any atom is -1.00 e. The van der Waals surface area contributed by atoms with Crippen LogP contribution < -0.4 is 12.4 Å². The molecule has 0 aromatic heterocycles. The minimum absolute atomic E-state index is 0. The predicted octanol–water partition coefficient (Wildman–Crippen LogP) is 4.17. The molecule has 0 radical (unpaired) electrons. The van der Waals surface area contributed by atoms with Gasteiger partial charge in [0.2, 0.25) is 0 Å². The van der Waals surface area contributed by atoms with Gasteiger partial charge >= 0.3 is 29.0 Å². The van der Waals surface area contributed by atoms with E-state index in [1.54, 1.807) is 19.9 Å². The van der Waals surface area contributed by atoms with Crippen LogP contribution in [-0.4, -0.2) is 60.1 Å².